The van der Waals surface area contributed by atoms with Crippen molar-refractivity contribution in [2.45, 2.75) is 0 Å². The third kappa shape index (κ3) is 2.61. The molecule has 6 heteroatoms. The monoisotopic (exact) mass is 254 g/mol. The number of nitrogen functional groups attached to an aromatic ring is 1. The Balaban J connectivity index is 2.33. The number of H-pyrrole nitrogens is 1. The van der Waals surface area contributed by atoms with Gasteiger partial charge in [0.25, 0.3) is 5.91 Å². The molecule has 0 radical (unpaired) electrons. The normalized spacial score (nSPS) is 9.63. The van der Waals surface area contributed by atoms with Gasteiger partial charge >= 0.3 is 0 Å². The van der Waals surface area contributed by atoms with Crippen LogP contribution in [0.15, 0.2) is 41.5 Å². The lowest BCUT2D eigenvalue weighted by Crippen LogP contribution is -2.21. The van der Waals surface area contributed by atoms with E-state index >= 15 is 0 Å². The molecule has 6 nitrogen and oxygen atoms in total. The Labute approximate surface area is 108 Å². The summed E-state index contributed by atoms with van der Waals surface area (Å²) in [6.45, 7) is 0. The molecule has 0 aliphatic heterocycles. The third-order valence-electron chi connectivity index (χ3n) is 2.48. The second kappa shape index (κ2) is 5.06. The highest BCUT2D eigenvalue weighted by atomic mass is 16.2. The van der Waals surface area contributed by atoms with Crippen LogP contribution in [-0.4, -0.2) is 10.9 Å². The number of carbonyl (C=O) groups excluding carboxylic acids is 1. The van der Waals surface area contributed by atoms with Crippen LogP contribution in [0.25, 0.3) is 0 Å². The van der Waals surface area contributed by atoms with Crippen LogP contribution in [0.3, 0.4) is 0 Å². The fraction of sp³-hybridized carbons (Fsp3) is 0. The van der Waals surface area contributed by atoms with E-state index in [1.165, 1.54) is 30.6 Å². The number of nitrogens with two attached hydrogens (primary N) is 1. The molecule has 1 aromatic heterocycles. The summed E-state index contributed by atoms with van der Waals surface area (Å²) in [5.41, 5.74) is 6.10. The molecule has 1 amide bonds. The van der Waals surface area contributed by atoms with E-state index in [-0.39, 0.29) is 11.1 Å². The summed E-state index contributed by atoms with van der Waals surface area (Å²) in [6, 6.07) is 7.71. The molecule has 0 saturated heterocycles. The maximum absolute atomic E-state index is 11.9. The number of aromatic nitrogens is 1. The number of rotatable bonds is 2. The zero-order valence-electron chi connectivity index (χ0n) is 9.81. The van der Waals surface area contributed by atoms with Crippen molar-refractivity contribution in [1.82, 2.24) is 4.98 Å². The zero-order valence-corrected chi connectivity index (χ0v) is 9.81. The van der Waals surface area contributed by atoms with Crippen LogP contribution in [-0.2, 0) is 0 Å². The highest BCUT2D eigenvalue weighted by molar-refractivity contribution is 6.04. The first kappa shape index (κ1) is 12.4. The Morgan fingerprint density at radius 3 is 2.84 bits per heavy atom. The average molecular weight is 254 g/mol. The van der Waals surface area contributed by atoms with Crippen LogP contribution in [0.5, 0.6) is 0 Å². The smallest absolute Gasteiger partial charge is 0.261 e. The number of benzene rings is 1. The number of amides is 1. The van der Waals surface area contributed by atoms with Crippen LogP contribution >= 0.6 is 0 Å². The Morgan fingerprint density at radius 1 is 1.37 bits per heavy atom. The van der Waals surface area contributed by atoms with E-state index in [1.54, 1.807) is 6.07 Å². The van der Waals surface area contributed by atoms with Gasteiger partial charge in [0.05, 0.1) is 11.3 Å². The highest BCUT2D eigenvalue weighted by Crippen LogP contribution is 2.18. The van der Waals surface area contributed by atoms with Crippen molar-refractivity contribution in [3.05, 3.63) is 58.0 Å². The first-order chi connectivity index (χ1) is 9.11. The molecule has 0 aliphatic rings. The molecule has 0 spiro atoms. The Bertz CT molecular complexity index is 728. The zero-order chi connectivity index (χ0) is 13.8. The standard InChI is InChI=1S/C13H10N4O2/c14-6-8-5-9(15)1-2-11(8)17-13(19)10-7-16-4-3-12(10)18/h1-5,7H,15H2,(H,16,18)(H,17,19). The van der Waals surface area contributed by atoms with Crippen molar-refractivity contribution < 1.29 is 4.79 Å². The Kier molecular flexibility index (Phi) is 3.30. The first-order valence-corrected chi connectivity index (χ1v) is 5.40. The lowest BCUT2D eigenvalue weighted by molar-refractivity contribution is 0.102. The van der Waals surface area contributed by atoms with Gasteiger partial charge in [-0.3, -0.25) is 9.59 Å². The largest absolute Gasteiger partial charge is 0.399 e. The SMILES string of the molecule is N#Cc1cc(N)ccc1NC(=O)c1c[nH]ccc1=O. The van der Waals surface area contributed by atoms with Gasteiger partial charge in [0.15, 0.2) is 5.43 Å². The summed E-state index contributed by atoms with van der Waals surface area (Å²) >= 11 is 0. The van der Waals surface area contributed by atoms with Gasteiger partial charge in [0.1, 0.15) is 11.6 Å². The number of anilines is 2. The van der Waals surface area contributed by atoms with Gasteiger partial charge in [-0.25, -0.2) is 0 Å². The lowest BCUT2D eigenvalue weighted by atomic mass is 10.1. The minimum absolute atomic E-state index is 0.0248. The predicted octanol–water partition coefficient (Wildman–Crippen LogP) is 1.08. The van der Waals surface area contributed by atoms with Crippen molar-refractivity contribution >= 4 is 17.3 Å². The maximum atomic E-state index is 11.9. The van der Waals surface area contributed by atoms with Crippen LogP contribution < -0.4 is 16.5 Å². The van der Waals surface area contributed by atoms with E-state index in [9.17, 15) is 9.59 Å². The molecule has 0 atom stereocenters. The van der Waals surface area contributed by atoms with Crippen molar-refractivity contribution in [3.8, 4) is 6.07 Å². The molecule has 19 heavy (non-hydrogen) atoms. The van der Waals surface area contributed by atoms with Gasteiger partial charge in [-0.15, -0.1) is 0 Å². The number of aromatic amines is 1. The minimum Gasteiger partial charge on any atom is -0.399 e. The molecular formula is C13H10N4O2. The Hall–Kier alpha value is -3.07. The van der Waals surface area contributed by atoms with Gasteiger partial charge in [-0.1, -0.05) is 0 Å². The molecule has 1 aromatic carbocycles. The predicted molar refractivity (Wildman–Crippen MR) is 70.6 cm³/mol. The summed E-state index contributed by atoms with van der Waals surface area (Å²) in [7, 11) is 0. The van der Waals surface area contributed by atoms with Crippen LogP contribution in [0.2, 0.25) is 0 Å². The first-order valence-electron chi connectivity index (χ1n) is 5.40. The van der Waals surface area contributed by atoms with E-state index in [2.05, 4.69) is 10.3 Å². The van der Waals surface area contributed by atoms with Crippen molar-refractivity contribution in [1.29, 1.82) is 5.26 Å². The van der Waals surface area contributed by atoms with Crippen LogP contribution in [0.4, 0.5) is 11.4 Å². The van der Waals surface area contributed by atoms with Gasteiger partial charge in [0, 0.05) is 24.1 Å². The summed E-state index contributed by atoms with van der Waals surface area (Å²) in [5, 5.41) is 11.5. The third-order valence-corrected chi connectivity index (χ3v) is 2.48. The number of pyridine rings is 1. The number of nitriles is 1. The number of hydrogen-bond donors (Lipinski definition) is 3. The van der Waals surface area contributed by atoms with Crippen molar-refractivity contribution in [2.24, 2.45) is 0 Å². The van der Waals surface area contributed by atoms with E-state index in [4.69, 9.17) is 11.0 Å². The van der Waals surface area contributed by atoms with Gasteiger partial charge < -0.3 is 16.0 Å². The van der Waals surface area contributed by atoms with Gasteiger partial charge in [0.2, 0.25) is 0 Å². The lowest BCUT2D eigenvalue weighted by Gasteiger charge is -2.07. The molecular weight excluding hydrogens is 244 g/mol. The molecule has 0 aliphatic carbocycles. The van der Waals surface area contributed by atoms with Gasteiger partial charge in [-0.2, -0.15) is 5.26 Å². The quantitative estimate of drug-likeness (QED) is 0.696. The molecule has 1 heterocycles. The number of carbonyl (C=O) groups is 1. The topological polar surface area (TPSA) is 112 Å². The number of nitrogens with one attached hydrogen (secondary N) is 2. The van der Waals surface area contributed by atoms with Crippen molar-refractivity contribution in [3.63, 3.8) is 0 Å². The minimum atomic E-state index is -0.580. The molecule has 0 bridgehead atoms. The fourth-order valence-corrected chi connectivity index (χ4v) is 1.55. The summed E-state index contributed by atoms with van der Waals surface area (Å²) in [4.78, 5) is 26.1. The van der Waals surface area contributed by atoms with Gasteiger partial charge in [-0.05, 0) is 18.2 Å². The Morgan fingerprint density at radius 2 is 2.16 bits per heavy atom. The summed E-state index contributed by atoms with van der Waals surface area (Å²) in [5.74, 6) is -0.580. The molecule has 0 saturated carbocycles. The molecule has 4 N–H and O–H groups in total. The highest BCUT2D eigenvalue weighted by Gasteiger charge is 2.12. The van der Waals surface area contributed by atoms with E-state index in [1.807, 2.05) is 6.07 Å². The second-order valence-corrected chi connectivity index (χ2v) is 3.79. The average Bonchev–Trinajstić information content (AvgIpc) is 2.41. The van der Waals surface area contributed by atoms with E-state index in [0.29, 0.717) is 11.4 Å². The van der Waals surface area contributed by atoms with Crippen LogP contribution in [0, 0.1) is 11.3 Å². The molecule has 2 aromatic rings. The van der Waals surface area contributed by atoms with E-state index in [0.717, 1.165) is 0 Å². The molecule has 94 valence electrons. The molecule has 0 fully saturated rings. The van der Waals surface area contributed by atoms with Crippen molar-refractivity contribution in [2.75, 3.05) is 11.1 Å². The second-order valence-electron chi connectivity index (χ2n) is 3.79. The molecule has 2 rings (SSSR count). The summed E-state index contributed by atoms with van der Waals surface area (Å²) in [6.07, 6.45) is 2.74. The van der Waals surface area contributed by atoms with E-state index < -0.39 is 11.3 Å². The maximum Gasteiger partial charge on any atom is 0.261 e. The number of nitrogens with zero attached hydrogens (tertiary/aromatic N) is 1. The molecule has 0 unspecified atom stereocenters. The number of hydrogen-bond acceptors (Lipinski definition) is 4. The fourth-order valence-electron chi connectivity index (χ4n) is 1.55. The summed E-state index contributed by atoms with van der Waals surface area (Å²) < 4.78 is 0. The van der Waals surface area contributed by atoms with Crippen LogP contribution in [0.1, 0.15) is 15.9 Å².